The molecular formula is C18H22O2. The predicted octanol–water partition coefficient (Wildman–Crippen LogP) is 4.08. The van der Waals surface area contributed by atoms with E-state index in [1.807, 2.05) is 36.4 Å². The van der Waals surface area contributed by atoms with E-state index in [-0.39, 0.29) is 0 Å². The van der Waals surface area contributed by atoms with Gasteiger partial charge in [-0.05, 0) is 67.1 Å². The molecule has 2 rings (SSSR count). The number of hydrogen-bond donors (Lipinski definition) is 2. The van der Waals surface area contributed by atoms with Gasteiger partial charge in [-0.2, -0.15) is 0 Å². The molecule has 0 spiro atoms. The van der Waals surface area contributed by atoms with E-state index in [0.717, 1.165) is 27.8 Å². The number of benzene rings is 2. The predicted molar refractivity (Wildman–Crippen MR) is 82.6 cm³/mol. The first-order valence-corrected chi connectivity index (χ1v) is 6.97. The van der Waals surface area contributed by atoms with Crippen molar-refractivity contribution in [1.29, 1.82) is 0 Å². The van der Waals surface area contributed by atoms with Crippen LogP contribution in [0.5, 0.6) is 0 Å². The molecule has 2 N–H and O–H groups in total. The van der Waals surface area contributed by atoms with Crippen LogP contribution < -0.4 is 0 Å². The van der Waals surface area contributed by atoms with Crippen LogP contribution in [0.4, 0.5) is 0 Å². The van der Waals surface area contributed by atoms with Crippen LogP contribution >= 0.6 is 0 Å². The standard InChI is InChI=1S/C18H22O2/c1-11-5-6-16(14(4)20)10-18(11)17-8-7-15(13(3)19)9-12(17)2/h5-10,13-14,19-20H,1-4H3. The summed E-state index contributed by atoms with van der Waals surface area (Å²) in [4.78, 5) is 0. The Morgan fingerprint density at radius 2 is 1.25 bits per heavy atom. The van der Waals surface area contributed by atoms with Crippen molar-refractivity contribution in [3.05, 3.63) is 58.7 Å². The Morgan fingerprint density at radius 1 is 0.700 bits per heavy atom. The molecule has 2 atom stereocenters. The minimum atomic E-state index is -0.466. The zero-order chi connectivity index (χ0) is 14.9. The molecule has 0 fully saturated rings. The van der Waals surface area contributed by atoms with Gasteiger partial charge in [-0.25, -0.2) is 0 Å². The number of rotatable bonds is 3. The zero-order valence-corrected chi connectivity index (χ0v) is 12.5. The fraction of sp³-hybridized carbons (Fsp3) is 0.333. The Labute approximate surface area is 120 Å². The average Bonchev–Trinajstić information content (AvgIpc) is 2.39. The van der Waals surface area contributed by atoms with Crippen LogP contribution in [-0.4, -0.2) is 10.2 Å². The van der Waals surface area contributed by atoms with E-state index in [1.54, 1.807) is 13.8 Å². The second kappa shape index (κ2) is 5.78. The molecule has 2 heteroatoms. The van der Waals surface area contributed by atoms with Gasteiger partial charge in [-0.15, -0.1) is 0 Å². The number of hydrogen-bond acceptors (Lipinski definition) is 2. The molecule has 2 nitrogen and oxygen atoms in total. The molecular weight excluding hydrogens is 248 g/mol. The first-order chi connectivity index (χ1) is 9.40. The summed E-state index contributed by atoms with van der Waals surface area (Å²) >= 11 is 0. The van der Waals surface area contributed by atoms with Gasteiger partial charge in [0.15, 0.2) is 0 Å². The molecule has 0 amide bonds. The van der Waals surface area contributed by atoms with Gasteiger partial charge in [0.25, 0.3) is 0 Å². The molecule has 2 aromatic rings. The van der Waals surface area contributed by atoms with Gasteiger partial charge in [0.2, 0.25) is 0 Å². The third-order valence-electron chi connectivity index (χ3n) is 3.77. The van der Waals surface area contributed by atoms with Gasteiger partial charge >= 0.3 is 0 Å². The topological polar surface area (TPSA) is 40.5 Å². The van der Waals surface area contributed by atoms with Crippen molar-refractivity contribution in [3.8, 4) is 11.1 Å². The summed E-state index contributed by atoms with van der Waals surface area (Å²) in [6, 6.07) is 12.1. The lowest BCUT2D eigenvalue weighted by Gasteiger charge is -2.15. The van der Waals surface area contributed by atoms with E-state index in [2.05, 4.69) is 13.8 Å². The summed E-state index contributed by atoms with van der Waals surface area (Å²) in [7, 11) is 0. The summed E-state index contributed by atoms with van der Waals surface area (Å²) in [6.07, 6.45) is -0.918. The highest BCUT2D eigenvalue weighted by Crippen LogP contribution is 2.30. The highest BCUT2D eigenvalue weighted by atomic mass is 16.3. The maximum atomic E-state index is 9.74. The van der Waals surface area contributed by atoms with E-state index < -0.39 is 12.2 Å². The summed E-state index contributed by atoms with van der Waals surface area (Å²) in [5, 5.41) is 19.4. The summed E-state index contributed by atoms with van der Waals surface area (Å²) < 4.78 is 0. The third kappa shape index (κ3) is 2.92. The first-order valence-electron chi connectivity index (χ1n) is 6.97. The highest BCUT2D eigenvalue weighted by Gasteiger charge is 2.10. The van der Waals surface area contributed by atoms with Crippen LogP contribution in [0, 0.1) is 13.8 Å². The molecule has 2 aromatic carbocycles. The molecule has 106 valence electrons. The van der Waals surface area contributed by atoms with Gasteiger partial charge in [0, 0.05) is 0 Å². The minimum Gasteiger partial charge on any atom is -0.389 e. The van der Waals surface area contributed by atoms with Crippen LogP contribution in [-0.2, 0) is 0 Å². The van der Waals surface area contributed by atoms with Gasteiger partial charge in [0.05, 0.1) is 12.2 Å². The van der Waals surface area contributed by atoms with E-state index in [9.17, 15) is 10.2 Å². The summed E-state index contributed by atoms with van der Waals surface area (Å²) in [5.41, 5.74) is 6.45. The maximum Gasteiger partial charge on any atom is 0.0762 e. The van der Waals surface area contributed by atoms with Gasteiger partial charge in [-0.1, -0.05) is 30.3 Å². The van der Waals surface area contributed by atoms with Crippen LogP contribution in [0.2, 0.25) is 0 Å². The lowest BCUT2D eigenvalue weighted by molar-refractivity contribution is 0.199. The SMILES string of the molecule is Cc1cc(C(C)O)ccc1-c1cc(C(C)O)ccc1C. The van der Waals surface area contributed by atoms with Crippen molar-refractivity contribution in [3.63, 3.8) is 0 Å². The van der Waals surface area contributed by atoms with Crippen molar-refractivity contribution in [1.82, 2.24) is 0 Å². The van der Waals surface area contributed by atoms with Gasteiger partial charge in [0.1, 0.15) is 0 Å². The Balaban J connectivity index is 2.53. The summed E-state index contributed by atoms with van der Waals surface area (Å²) in [6.45, 7) is 7.67. The van der Waals surface area contributed by atoms with Crippen molar-refractivity contribution in [2.45, 2.75) is 39.9 Å². The first kappa shape index (κ1) is 14.8. The Bertz CT molecular complexity index is 613. The van der Waals surface area contributed by atoms with Crippen LogP contribution in [0.25, 0.3) is 11.1 Å². The molecule has 2 unspecified atom stereocenters. The Morgan fingerprint density at radius 3 is 1.80 bits per heavy atom. The fourth-order valence-electron chi connectivity index (χ4n) is 2.44. The van der Waals surface area contributed by atoms with Gasteiger partial charge in [-0.3, -0.25) is 0 Å². The normalized spacial score (nSPS) is 14.1. The quantitative estimate of drug-likeness (QED) is 0.882. The minimum absolute atomic E-state index is 0.451. The second-order valence-corrected chi connectivity index (χ2v) is 5.50. The van der Waals surface area contributed by atoms with Gasteiger partial charge < -0.3 is 10.2 Å². The summed E-state index contributed by atoms with van der Waals surface area (Å²) in [5.74, 6) is 0. The average molecular weight is 270 g/mol. The zero-order valence-electron chi connectivity index (χ0n) is 12.5. The largest absolute Gasteiger partial charge is 0.389 e. The van der Waals surface area contributed by atoms with E-state index in [0.29, 0.717) is 0 Å². The lowest BCUT2D eigenvalue weighted by Crippen LogP contribution is -1.96. The van der Waals surface area contributed by atoms with E-state index in [4.69, 9.17) is 0 Å². The van der Waals surface area contributed by atoms with E-state index in [1.165, 1.54) is 5.56 Å². The Kier molecular flexibility index (Phi) is 4.26. The van der Waals surface area contributed by atoms with Crippen molar-refractivity contribution < 1.29 is 10.2 Å². The molecule has 0 saturated heterocycles. The van der Waals surface area contributed by atoms with Crippen LogP contribution in [0.15, 0.2) is 36.4 Å². The second-order valence-electron chi connectivity index (χ2n) is 5.50. The third-order valence-corrected chi connectivity index (χ3v) is 3.77. The molecule has 0 heterocycles. The van der Waals surface area contributed by atoms with Crippen LogP contribution in [0.1, 0.15) is 48.3 Å². The molecule has 0 aromatic heterocycles. The Hall–Kier alpha value is -1.64. The molecule has 0 aliphatic heterocycles. The molecule has 0 bridgehead atoms. The fourth-order valence-corrected chi connectivity index (χ4v) is 2.44. The van der Waals surface area contributed by atoms with Crippen molar-refractivity contribution in [2.75, 3.05) is 0 Å². The highest BCUT2D eigenvalue weighted by molar-refractivity contribution is 5.71. The number of aryl methyl sites for hydroxylation is 2. The number of aliphatic hydroxyl groups is 2. The molecule has 20 heavy (non-hydrogen) atoms. The molecule has 0 radical (unpaired) electrons. The van der Waals surface area contributed by atoms with Crippen molar-refractivity contribution in [2.24, 2.45) is 0 Å². The van der Waals surface area contributed by atoms with Crippen molar-refractivity contribution >= 4 is 0 Å². The van der Waals surface area contributed by atoms with Crippen LogP contribution in [0.3, 0.4) is 0 Å². The number of aliphatic hydroxyl groups excluding tert-OH is 2. The molecule has 0 aliphatic carbocycles. The molecule has 0 saturated carbocycles. The smallest absolute Gasteiger partial charge is 0.0762 e. The van der Waals surface area contributed by atoms with E-state index >= 15 is 0 Å². The molecule has 0 aliphatic rings. The maximum absolute atomic E-state index is 9.74. The monoisotopic (exact) mass is 270 g/mol. The lowest BCUT2D eigenvalue weighted by atomic mass is 9.92.